The van der Waals surface area contributed by atoms with Gasteiger partial charge in [0, 0.05) is 11.3 Å². The van der Waals surface area contributed by atoms with Gasteiger partial charge in [0.05, 0.1) is 41.8 Å². The number of alkyl halides is 3. The fraction of sp³-hybridized carbons (Fsp3) is 0.333. The third-order valence-electron chi connectivity index (χ3n) is 4.45. The van der Waals surface area contributed by atoms with Crippen LogP contribution < -0.4 is 9.80 Å². The zero-order valence-electron chi connectivity index (χ0n) is 13.4. The van der Waals surface area contributed by atoms with Gasteiger partial charge >= 0.3 is 6.18 Å². The number of hydrogen-bond donors (Lipinski definition) is 1. The summed E-state index contributed by atoms with van der Waals surface area (Å²) in [6.07, 6.45) is -4.31. The Kier molecular flexibility index (Phi) is 5.46. The van der Waals surface area contributed by atoms with E-state index in [0.29, 0.717) is 15.7 Å². The zero-order chi connectivity index (χ0) is 18.0. The molecule has 0 aromatic heterocycles. The molecule has 2 aromatic rings. The number of nitrogens with zero attached hydrogens (tertiary/aromatic N) is 1. The normalized spacial score (nSPS) is 16.3. The molecule has 25 heavy (non-hydrogen) atoms. The van der Waals surface area contributed by atoms with Crippen molar-refractivity contribution in [2.75, 3.05) is 31.1 Å². The molecule has 134 valence electrons. The summed E-state index contributed by atoms with van der Waals surface area (Å²) in [5.74, 6) is 0. The lowest BCUT2D eigenvalue weighted by Crippen LogP contribution is -3.13. The zero-order valence-corrected chi connectivity index (χ0v) is 14.9. The minimum atomic E-state index is -4.31. The van der Waals surface area contributed by atoms with Crippen LogP contribution in [0.2, 0.25) is 10.0 Å². The van der Waals surface area contributed by atoms with E-state index in [2.05, 4.69) is 0 Å². The summed E-state index contributed by atoms with van der Waals surface area (Å²) in [6.45, 7) is 3.98. The molecule has 0 atom stereocenters. The van der Waals surface area contributed by atoms with Crippen molar-refractivity contribution in [3.8, 4) is 0 Å². The number of hydrogen-bond acceptors (Lipinski definition) is 1. The quantitative estimate of drug-likeness (QED) is 0.835. The van der Waals surface area contributed by atoms with Crippen LogP contribution in [0, 0.1) is 0 Å². The van der Waals surface area contributed by atoms with Gasteiger partial charge in [-0.2, -0.15) is 13.2 Å². The molecule has 0 unspecified atom stereocenters. The van der Waals surface area contributed by atoms with Crippen LogP contribution >= 0.6 is 23.2 Å². The van der Waals surface area contributed by atoms with Crippen LogP contribution in [-0.2, 0) is 12.7 Å². The Hall–Kier alpha value is -1.43. The number of anilines is 1. The summed E-state index contributed by atoms with van der Waals surface area (Å²) in [5, 5.41) is 1.08. The third kappa shape index (κ3) is 4.60. The first-order chi connectivity index (χ1) is 11.8. The van der Waals surface area contributed by atoms with Gasteiger partial charge in [-0.25, -0.2) is 0 Å². The third-order valence-corrected chi connectivity index (χ3v) is 5.19. The molecule has 0 amide bonds. The molecule has 1 aliphatic rings. The maximum absolute atomic E-state index is 12.9. The molecule has 1 heterocycles. The van der Waals surface area contributed by atoms with E-state index in [1.54, 1.807) is 12.1 Å². The highest BCUT2D eigenvalue weighted by atomic mass is 35.5. The van der Waals surface area contributed by atoms with Crippen LogP contribution in [0.5, 0.6) is 0 Å². The van der Waals surface area contributed by atoms with Gasteiger partial charge in [-0.05, 0) is 30.3 Å². The predicted molar refractivity (Wildman–Crippen MR) is 94.5 cm³/mol. The number of benzene rings is 2. The molecule has 0 saturated carbocycles. The molecule has 0 aliphatic carbocycles. The highest BCUT2D eigenvalue weighted by Gasteiger charge is 2.31. The largest absolute Gasteiger partial charge is 0.416 e. The van der Waals surface area contributed by atoms with Crippen molar-refractivity contribution in [3.63, 3.8) is 0 Å². The van der Waals surface area contributed by atoms with Gasteiger partial charge in [-0.3, -0.25) is 0 Å². The van der Waals surface area contributed by atoms with Gasteiger partial charge < -0.3 is 9.80 Å². The van der Waals surface area contributed by atoms with E-state index in [1.165, 1.54) is 17.0 Å². The van der Waals surface area contributed by atoms with Crippen molar-refractivity contribution < 1.29 is 18.1 Å². The van der Waals surface area contributed by atoms with Gasteiger partial charge in [0.2, 0.25) is 0 Å². The smallest absolute Gasteiger partial charge is 0.360 e. The fourth-order valence-electron chi connectivity index (χ4n) is 3.08. The predicted octanol–water partition coefficient (Wildman–Crippen LogP) is 3.92. The number of halogens is 5. The average Bonchev–Trinajstić information content (AvgIpc) is 2.58. The van der Waals surface area contributed by atoms with Crippen molar-refractivity contribution in [1.29, 1.82) is 0 Å². The Morgan fingerprint density at radius 3 is 2.32 bits per heavy atom. The summed E-state index contributed by atoms with van der Waals surface area (Å²) < 4.78 is 38.6. The van der Waals surface area contributed by atoms with Crippen LogP contribution in [0.4, 0.5) is 18.9 Å². The molecule has 1 saturated heterocycles. The fourth-order valence-corrected chi connectivity index (χ4v) is 3.40. The molecule has 0 spiro atoms. The van der Waals surface area contributed by atoms with Crippen LogP contribution in [0.1, 0.15) is 11.1 Å². The van der Waals surface area contributed by atoms with Crippen molar-refractivity contribution in [1.82, 2.24) is 0 Å². The highest BCUT2D eigenvalue weighted by molar-refractivity contribution is 6.42. The Bertz CT molecular complexity index is 741. The minimum absolute atomic E-state index is 0.537. The van der Waals surface area contributed by atoms with Crippen molar-refractivity contribution in [2.45, 2.75) is 12.7 Å². The molecule has 0 bridgehead atoms. The second kappa shape index (κ2) is 7.44. The van der Waals surface area contributed by atoms with E-state index < -0.39 is 11.7 Å². The van der Waals surface area contributed by atoms with Crippen LogP contribution in [0.25, 0.3) is 0 Å². The second-order valence-corrected chi connectivity index (χ2v) is 7.02. The molecular formula is C18H18Cl2F3N2+. The van der Waals surface area contributed by atoms with Gasteiger partial charge in [0.1, 0.15) is 6.54 Å². The SMILES string of the molecule is FC(F)(F)c1cccc(N2CC[NH+](Cc3ccc(Cl)c(Cl)c3)CC2)c1. The second-order valence-electron chi connectivity index (χ2n) is 6.21. The van der Waals surface area contributed by atoms with Crippen LogP contribution in [0.15, 0.2) is 42.5 Å². The Labute approximate surface area is 154 Å². The minimum Gasteiger partial charge on any atom is -0.360 e. The lowest BCUT2D eigenvalue weighted by atomic mass is 10.1. The molecule has 3 rings (SSSR count). The van der Waals surface area contributed by atoms with Gasteiger partial charge in [-0.1, -0.05) is 35.3 Å². The van der Waals surface area contributed by atoms with Gasteiger partial charge in [0.25, 0.3) is 0 Å². The van der Waals surface area contributed by atoms with Crippen molar-refractivity contribution in [3.05, 3.63) is 63.6 Å². The monoisotopic (exact) mass is 389 g/mol. The van der Waals surface area contributed by atoms with E-state index in [9.17, 15) is 13.2 Å². The number of piperazine rings is 1. The topological polar surface area (TPSA) is 7.68 Å². The summed E-state index contributed by atoms with van der Waals surface area (Å²) in [6, 6.07) is 11.2. The summed E-state index contributed by atoms with van der Waals surface area (Å²) in [4.78, 5) is 3.38. The van der Waals surface area contributed by atoms with E-state index >= 15 is 0 Å². The molecule has 2 aromatic carbocycles. The summed E-state index contributed by atoms with van der Waals surface area (Å²) >= 11 is 12.0. The molecule has 1 fully saturated rings. The van der Waals surface area contributed by atoms with Crippen LogP contribution in [-0.4, -0.2) is 26.2 Å². The van der Waals surface area contributed by atoms with E-state index in [-0.39, 0.29) is 0 Å². The van der Waals surface area contributed by atoms with E-state index in [0.717, 1.165) is 44.4 Å². The molecule has 7 heteroatoms. The maximum atomic E-state index is 12.9. The maximum Gasteiger partial charge on any atom is 0.416 e. The first kappa shape index (κ1) is 18.4. The van der Waals surface area contributed by atoms with Gasteiger partial charge in [0.15, 0.2) is 0 Å². The van der Waals surface area contributed by atoms with Crippen LogP contribution in [0.3, 0.4) is 0 Å². The molecule has 2 nitrogen and oxygen atoms in total. The number of rotatable bonds is 3. The lowest BCUT2D eigenvalue weighted by molar-refractivity contribution is -0.914. The first-order valence-electron chi connectivity index (χ1n) is 8.02. The summed E-state index contributed by atoms with van der Waals surface area (Å²) in [5.41, 5.74) is 1.14. The molecular weight excluding hydrogens is 372 g/mol. The van der Waals surface area contributed by atoms with Gasteiger partial charge in [-0.15, -0.1) is 0 Å². The lowest BCUT2D eigenvalue weighted by Gasteiger charge is -2.34. The molecule has 1 aliphatic heterocycles. The van der Waals surface area contributed by atoms with E-state index in [4.69, 9.17) is 23.2 Å². The van der Waals surface area contributed by atoms with Crippen molar-refractivity contribution in [2.24, 2.45) is 0 Å². The Morgan fingerprint density at radius 2 is 1.68 bits per heavy atom. The molecule has 1 N–H and O–H groups in total. The average molecular weight is 390 g/mol. The summed E-state index contributed by atoms with van der Waals surface area (Å²) in [7, 11) is 0. The number of quaternary nitrogens is 1. The van der Waals surface area contributed by atoms with Crippen molar-refractivity contribution >= 4 is 28.9 Å². The highest BCUT2D eigenvalue weighted by Crippen LogP contribution is 2.31. The molecule has 0 radical (unpaired) electrons. The van der Waals surface area contributed by atoms with E-state index in [1.807, 2.05) is 17.0 Å². The first-order valence-corrected chi connectivity index (χ1v) is 8.78. The Morgan fingerprint density at radius 1 is 0.960 bits per heavy atom. The number of nitrogens with one attached hydrogen (secondary N) is 1. The Balaban J connectivity index is 1.61. The standard InChI is InChI=1S/C18H17Cl2F3N2/c19-16-5-4-13(10-17(16)20)12-24-6-8-25(9-7-24)15-3-1-2-14(11-15)18(21,22)23/h1-5,10-11H,6-9,12H2/p+1.